The number of ether oxygens (including phenoxy) is 2. The van der Waals surface area contributed by atoms with Crippen molar-refractivity contribution in [1.29, 1.82) is 0 Å². The van der Waals surface area contributed by atoms with E-state index in [0.29, 0.717) is 24.0 Å². The minimum atomic E-state index is -5.76. The lowest BCUT2D eigenvalue weighted by Crippen LogP contribution is -2.52. The molecule has 1 atom stereocenters. The summed E-state index contributed by atoms with van der Waals surface area (Å²) < 4.78 is 86.3. The van der Waals surface area contributed by atoms with Gasteiger partial charge < -0.3 is 24.2 Å². The molecule has 15 heteroatoms. The van der Waals surface area contributed by atoms with E-state index in [1.165, 1.54) is 0 Å². The summed E-state index contributed by atoms with van der Waals surface area (Å²) in [5.74, 6) is 0.339. The highest BCUT2D eigenvalue weighted by atomic mass is 35.5. The summed E-state index contributed by atoms with van der Waals surface area (Å²) in [6, 6.07) is 5.70. The van der Waals surface area contributed by atoms with E-state index in [4.69, 9.17) is 16.3 Å². The lowest BCUT2D eigenvalue weighted by Gasteiger charge is -2.40. The molecule has 8 nitrogen and oxygen atoms in total. The second kappa shape index (κ2) is 13.4. The van der Waals surface area contributed by atoms with Crippen molar-refractivity contribution in [1.82, 2.24) is 14.7 Å². The van der Waals surface area contributed by atoms with Crippen molar-refractivity contribution in [3.8, 4) is 0 Å². The maximum absolute atomic E-state index is 12.8. The zero-order valence-electron chi connectivity index (χ0n) is 25.0. The van der Waals surface area contributed by atoms with Crippen molar-refractivity contribution in [3.63, 3.8) is 0 Å². The Labute approximate surface area is 258 Å². The van der Waals surface area contributed by atoms with E-state index >= 15 is 0 Å². The number of hydrogen-bond donors (Lipinski definition) is 0. The number of hydrogen-bond acceptors (Lipinski definition) is 6. The van der Waals surface area contributed by atoms with E-state index in [-0.39, 0.29) is 38.3 Å². The predicted octanol–water partition coefficient (Wildman–Crippen LogP) is 6.70. The molecular formula is C29H39ClF6N4O4. The van der Waals surface area contributed by atoms with E-state index in [0.717, 1.165) is 54.9 Å². The molecule has 0 aromatic heterocycles. The van der Waals surface area contributed by atoms with Crippen LogP contribution in [0.2, 0.25) is 5.02 Å². The van der Waals surface area contributed by atoms with Gasteiger partial charge in [0.25, 0.3) is 6.10 Å². The van der Waals surface area contributed by atoms with Crippen molar-refractivity contribution < 1.29 is 45.4 Å². The van der Waals surface area contributed by atoms with Gasteiger partial charge in [-0.05, 0) is 70.1 Å². The van der Waals surface area contributed by atoms with Crippen molar-refractivity contribution in [2.24, 2.45) is 5.92 Å². The summed E-state index contributed by atoms with van der Waals surface area (Å²) >= 11 is 6.36. The molecule has 0 saturated carbocycles. The van der Waals surface area contributed by atoms with Gasteiger partial charge >= 0.3 is 24.5 Å². The molecule has 2 amide bonds. The molecular weight excluding hydrogens is 618 g/mol. The van der Waals surface area contributed by atoms with Gasteiger partial charge in [0.05, 0.1) is 0 Å². The molecule has 3 aliphatic rings. The van der Waals surface area contributed by atoms with Crippen LogP contribution in [0.4, 0.5) is 41.6 Å². The maximum Gasteiger partial charge on any atom is 0.434 e. The quantitative estimate of drug-likeness (QED) is 0.329. The second-order valence-electron chi connectivity index (χ2n) is 12.6. The molecule has 3 heterocycles. The van der Waals surface area contributed by atoms with Crippen LogP contribution in [0.15, 0.2) is 18.2 Å². The Morgan fingerprint density at radius 1 is 0.886 bits per heavy atom. The van der Waals surface area contributed by atoms with Crippen LogP contribution in [-0.2, 0) is 16.0 Å². The second-order valence-corrected chi connectivity index (χ2v) is 13.0. The first kappa shape index (κ1) is 34.3. The lowest BCUT2D eigenvalue weighted by atomic mass is 9.87. The Morgan fingerprint density at radius 3 is 2.07 bits per heavy atom. The van der Waals surface area contributed by atoms with Crippen LogP contribution in [0.5, 0.6) is 0 Å². The largest absolute Gasteiger partial charge is 0.444 e. The summed E-state index contributed by atoms with van der Waals surface area (Å²) in [7, 11) is 0. The van der Waals surface area contributed by atoms with Crippen LogP contribution in [0.25, 0.3) is 0 Å². The Bertz CT molecular complexity index is 1150. The first-order valence-corrected chi connectivity index (χ1v) is 15.1. The van der Waals surface area contributed by atoms with Gasteiger partial charge in [-0.15, -0.1) is 0 Å². The van der Waals surface area contributed by atoms with Crippen LogP contribution in [0.3, 0.4) is 0 Å². The van der Waals surface area contributed by atoms with E-state index in [1.807, 2.05) is 42.7 Å². The minimum Gasteiger partial charge on any atom is -0.444 e. The SMILES string of the molecule is CC(C)(C)OC(=O)N1CCC[C@@H]1C1CCN(c2cc(Cl)ccc2CN2CCN(C(=O)OC(C(F)(F)F)C(F)(F)F)CC2)CC1. The molecule has 248 valence electrons. The van der Waals surface area contributed by atoms with Crippen molar-refractivity contribution in [2.45, 2.75) is 83.1 Å². The highest BCUT2D eigenvalue weighted by Crippen LogP contribution is 2.37. The molecule has 3 fully saturated rings. The number of amides is 2. The molecule has 3 saturated heterocycles. The summed E-state index contributed by atoms with van der Waals surface area (Å²) in [6.45, 7) is 8.56. The van der Waals surface area contributed by atoms with Crippen LogP contribution >= 0.6 is 11.6 Å². The van der Waals surface area contributed by atoms with Crippen LogP contribution in [0.1, 0.15) is 52.0 Å². The Hall–Kier alpha value is -2.61. The molecule has 44 heavy (non-hydrogen) atoms. The first-order chi connectivity index (χ1) is 20.4. The molecule has 3 aliphatic heterocycles. The first-order valence-electron chi connectivity index (χ1n) is 14.8. The molecule has 0 radical (unpaired) electrons. The number of anilines is 1. The van der Waals surface area contributed by atoms with Crippen molar-refractivity contribution in [3.05, 3.63) is 28.8 Å². The van der Waals surface area contributed by atoms with Crippen LogP contribution in [0, 0.1) is 5.92 Å². The average Bonchev–Trinajstić information content (AvgIpc) is 3.41. The lowest BCUT2D eigenvalue weighted by molar-refractivity contribution is -0.308. The van der Waals surface area contributed by atoms with Gasteiger partial charge in [0, 0.05) is 69.1 Å². The molecule has 1 aromatic rings. The van der Waals surface area contributed by atoms with E-state index in [9.17, 15) is 35.9 Å². The Balaban J connectivity index is 1.33. The standard InChI is InChI=1S/C29H39ClF6N4O4/c1-27(2,3)44-26(42)40-10-4-5-22(40)19-8-11-38(12-9-19)23-17-21(30)7-6-20(23)18-37-13-15-39(16-14-37)25(41)43-24(28(31,32)33)29(34,35)36/h6-7,17,19,22,24H,4-5,8-16,18H2,1-3H3/t22-/m1/s1. The maximum atomic E-state index is 12.8. The van der Waals surface area contributed by atoms with Gasteiger partial charge in [0.2, 0.25) is 0 Å². The van der Waals surface area contributed by atoms with Gasteiger partial charge in [-0.3, -0.25) is 4.90 Å². The number of carbonyl (C=O) groups is 2. The zero-order valence-corrected chi connectivity index (χ0v) is 25.8. The summed E-state index contributed by atoms with van der Waals surface area (Å²) in [6.07, 6.45) is -14.0. The van der Waals surface area contributed by atoms with Crippen molar-refractivity contribution in [2.75, 3.05) is 50.7 Å². The number of alkyl halides is 6. The highest BCUT2D eigenvalue weighted by molar-refractivity contribution is 6.30. The number of carbonyl (C=O) groups excluding carboxylic acids is 2. The normalized spacial score (nSPS) is 21.2. The fourth-order valence-electron chi connectivity index (χ4n) is 6.14. The van der Waals surface area contributed by atoms with E-state index in [2.05, 4.69) is 9.64 Å². The third kappa shape index (κ3) is 8.76. The summed E-state index contributed by atoms with van der Waals surface area (Å²) in [5, 5.41) is 0.564. The minimum absolute atomic E-state index is 0.0783. The van der Waals surface area contributed by atoms with Gasteiger partial charge in [0.1, 0.15) is 5.60 Å². The fourth-order valence-corrected chi connectivity index (χ4v) is 6.31. The number of piperazine rings is 1. The number of halogens is 7. The van der Waals surface area contributed by atoms with Gasteiger partial charge in [-0.1, -0.05) is 17.7 Å². The summed E-state index contributed by atoms with van der Waals surface area (Å²) in [5.41, 5.74) is 1.36. The topological polar surface area (TPSA) is 65.6 Å². The molecule has 0 unspecified atom stereocenters. The Kier molecular flexibility index (Phi) is 10.4. The smallest absolute Gasteiger partial charge is 0.434 e. The third-order valence-electron chi connectivity index (χ3n) is 8.24. The van der Waals surface area contributed by atoms with Gasteiger partial charge in [-0.2, -0.15) is 26.3 Å². The molecule has 0 N–H and O–H groups in total. The third-order valence-corrected chi connectivity index (χ3v) is 8.47. The van der Waals surface area contributed by atoms with Gasteiger partial charge in [0.15, 0.2) is 0 Å². The van der Waals surface area contributed by atoms with E-state index < -0.39 is 30.2 Å². The highest BCUT2D eigenvalue weighted by Gasteiger charge is 2.60. The number of benzene rings is 1. The predicted molar refractivity (Wildman–Crippen MR) is 152 cm³/mol. The Morgan fingerprint density at radius 2 is 1.50 bits per heavy atom. The number of nitrogens with zero attached hydrogens (tertiary/aromatic N) is 4. The fraction of sp³-hybridized carbons (Fsp3) is 0.724. The van der Waals surface area contributed by atoms with Crippen LogP contribution in [-0.4, -0.2) is 103 Å². The monoisotopic (exact) mass is 656 g/mol. The van der Waals surface area contributed by atoms with Crippen LogP contribution < -0.4 is 4.90 Å². The van der Waals surface area contributed by atoms with Crippen molar-refractivity contribution >= 4 is 29.5 Å². The number of likely N-dealkylation sites (tertiary alicyclic amines) is 1. The van der Waals surface area contributed by atoms with E-state index in [1.54, 1.807) is 6.07 Å². The molecule has 4 rings (SSSR count). The molecule has 0 bridgehead atoms. The van der Waals surface area contributed by atoms with Gasteiger partial charge in [-0.25, -0.2) is 9.59 Å². The zero-order chi connectivity index (χ0) is 32.4. The average molecular weight is 657 g/mol. The number of piperidine rings is 1. The molecule has 0 spiro atoms. The summed E-state index contributed by atoms with van der Waals surface area (Å²) in [4.78, 5) is 31.9. The molecule has 1 aromatic carbocycles. The number of rotatable bonds is 5. The molecule has 0 aliphatic carbocycles.